The van der Waals surface area contributed by atoms with Gasteiger partial charge in [0.05, 0.1) is 19.2 Å². The van der Waals surface area contributed by atoms with Crippen LogP contribution in [0.5, 0.6) is 0 Å². The number of carbonyl (C=O) groups is 4. The van der Waals surface area contributed by atoms with Gasteiger partial charge in [0.2, 0.25) is 11.7 Å². The maximum absolute atomic E-state index is 12.4. The van der Waals surface area contributed by atoms with Gasteiger partial charge in [-0.1, -0.05) is 57.0 Å². The van der Waals surface area contributed by atoms with Crippen LogP contribution < -0.4 is 16.0 Å². The topological polar surface area (TPSA) is 114 Å². The number of esters is 1. The average molecular weight is 405 g/mol. The van der Waals surface area contributed by atoms with E-state index in [2.05, 4.69) is 16.0 Å². The van der Waals surface area contributed by atoms with Gasteiger partial charge in [0, 0.05) is 0 Å². The van der Waals surface area contributed by atoms with Crippen LogP contribution in [-0.2, 0) is 23.9 Å². The molecule has 0 bridgehead atoms. The molecule has 1 rings (SSSR count). The fourth-order valence-electron chi connectivity index (χ4n) is 2.64. The van der Waals surface area contributed by atoms with E-state index in [1.54, 1.807) is 37.4 Å². The van der Waals surface area contributed by atoms with Crippen LogP contribution in [0.15, 0.2) is 30.3 Å². The van der Waals surface area contributed by atoms with Crippen molar-refractivity contribution < 1.29 is 23.9 Å². The highest BCUT2D eigenvalue weighted by atomic mass is 16.5. The van der Waals surface area contributed by atoms with Gasteiger partial charge in [0.15, 0.2) is 6.04 Å². The first-order valence-electron chi connectivity index (χ1n) is 9.94. The third-order valence-electron chi connectivity index (χ3n) is 4.29. The van der Waals surface area contributed by atoms with Gasteiger partial charge in [-0.2, -0.15) is 0 Å². The maximum Gasteiger partial charge on any atom is 0.333 e. The Kier molecular flexibility index (Phi) is 11.3. The predicted octanol–water partition coefficient (Wildman–Crippen LogP) is 1.26. The summed E-state index contributed by atoms with van der Waals surface area (Å²) in [5.74, 6) is -2.63. The summed E-state index contributed by atoms with van der Waals surface area (Å²) in [7, 11) is 1.60. The molecule has 8 nitrogen and oxygen atoms in total. The SMILES string of the molecule is CCCCOC(=O)C(NC(=O)CNC(=O)C(=O)C(CCC)NC)c1ccccc1. The number of ketones is 1. The highest BCUT2D eigenvalue weighted by Gasteiger charge is 2.26. The monoisotopic (exact) mass is 405 g/mol. The Balaban J connectivity index is 2.69. The Morgan fingerprint density at radius 2 is 1.72 bits per heavy atom. The summed E-state index contributed by atoms with van der Waals surface area (Å²) in [4.78, 5) is 48.8. The molecule has 160 valence electrons. The molecule has 0 aliphatic rings. The van der Waals surface area contributed by atoms with E-state index in [9.17, 15) is 19.2 Å². The first-order valence-corrected chi connectivity index (χ1v) is 9.94. The van der Waals surface area contributed by atoms with E-state index >= 15 is 0 Å². The number of benzene rings is 1. The van der Waals surface area contributed by atoms with E-state index < -0.39 is 42.2 Å². The summed E-state index contributed by atoms with van der Waals surface area (Å²) in [6.07, 6.45) is 2.86. The molecule has 1 aromatic rings. The summed E-state index contributed by atoms with van der Waals surface area (Å²) in [6, 6.07) is 7.13. The quantitative estimate of drug-likeness (QED) is 0.259. The molecule has 3 N–H and O–H groups in total. The molecule has 29 heavy (non-hydrogen) atoms. The second-order valence-electron chi connectivity index (χ2n) is 6.61. The van der Waals surface area contributed by atoms with E-state index in [0.717, 1.165) is 19.3 Å². The lowest BCUT2D eigenvalue weighted by Crippen LogP contribution is -2.47. The third-order valence-corrected chi connectivity index (χ3v) is 4.29. The van der Waals surface area contributed by atoms with Crippen molar-refractivity contribution in [3.8, 4) is 0 Å². The van der Waals surface area contributed by atoms with Gasteiger partial charge in [0.1, 0.15) is 0 Å². The molecule has 0 saturated carbocycles. The maximum atomic E-state index is 12.4. The highest BCUT2D eigenvalue weighted by Crippen LogP contribution is 2.14. The molecule has 2 atom stereocenters. The van der Waals surface area contributed by atoms with Crippen molar-refractivity contribution in [1.29, 1.82) is 0 Å². The van der Waals surface area contributed by atoms with Crippen LogP contribution in [0, 0.1) is 0 Å². The minimum absolute atomic E-state index is 0.266. The number of amides is 2. The van der Waals surface area contributed by atoms with Crippen LogP contribution in [0.1, 0.15) is 51.1 Å². The standard InChI is InChI=1S/C21H31N3O5/c1-4-6-13-29-21(28)18(15-11-8-7-9-12-15)24-17(25)14-23-20(27)19(26)16(22-3)10-5-2/h7-9,11-12,16,18,22H,4-6,10,13-14H2,1-3H3,(H,23,27)(H,24,25). The molecule has 2 amide bonds. The summed E-state index contributed by atoms with van der Waals surface area (Å²) >= 11 is 0. The third kappa shape index (κ3) is 8.43. The van der Waals surface area contributed by atoms with Gasteiger partial charge in [-0.05, 0) is 25.5 Å². The molecule has 0 aliphatic heterocycles. The van der Waals surface area contributed by atoms with Crippen molar-refractivity contribution in [2.75, 3.05) is 20.2 Å². The minimum Gasteiger partial charge on any atom is -0.464 e. The van der Waals surface area contributed by atoms with Crippen molar-refractivity contribution in [3.05, 3.63) is 35.9 Å². The molecule has 0 saturated heterocycles. The predicted molar refractivity (Wildman–Crippen MR) is 109 cm³/mol. The Morgan fingerprint density at radius 3 is 2.31 bits per heavy atom. The summed E-state index contributed by atoms with van der Waals surface area (Å²) in [6.45, 7) is 3.74. The van der Waals surface area contributed by atoms with Crippen LogP contribution in [0.2, 0.25) is 0 Å². The number of hydrogen-bond acceptors (Lipinski definition) is 6. The van der Waals surface area contributed by atoms with Crippen LogP contribution in [0.3, 0.4) is 0 Å². The minimum atomic E-state index is -0.988. The normalized spacial score (nSPS) is 12.5. The first-order chi connectivity index (χ1) is 13.9. The molecule has 0 heterocycles. The first kappa shape index (κ1) is 24.3. The molecular formula is C21H31N3O5. The number of carbonyl (C=O) groups excluding carboxylic acids is 4. The van der Waals surface area contributed by atoms with Crippen LogP contribution in [0.25, 0.3) is 0 Å². The summed E-state index contributed by atoms with van der Waals surface area (Å²) in [5, 5.41) is 7.67. The van der Waals surface area contributed by atoms with E-state index in [-0.39, 0.29) is 6.61 Å². The second kappa shape index (κ2) is 13.4. The van der Waals surface area contributed by atoms with Crippen molar-refractivity contribution in [1.82, 2.24) is 16.0 Å². The molecule has 1 aromatic carbocycles. The largest absolute Gasteiger partial charge is 0.464 e. The Hall–Kier alpha value is -2.74. The smallest absolute Gasteiger partial charge is 0.333 e. The van der Waals surface area contributed by atoms with Crippen LogP contribution in [-0.4, -0.2) is 49.8 Å². The van der Waals surface area contributed by atoms with Gasteiger partial charge in [-0.25, -0.2) is 4.79 Å². The number of ether oxygens (including phenoxy) is 1. The van der Waals surface area contributed by atoms with Gasteiger partial charge >= 0.3 is 5.97 Å². The summed E-state index contributed by atoms with van der Waals surface area (Å²) < 4.78 is 5.23. The lowest BCUT2D eigenvalue weighted by Gasteiger charge is -2.18. The second-order valence-corrected chi connectivity index (χ2v) is 6.61. The van der Waals surface area contributed by atoms with Crippen molar-refractivity contribution in [3.63, 3.8) is 0 Å². The lowest BCUT2D eigenvalue weighted by atomic mass is 10.1. The van der Waals surface area contributed by atoms with E-state index in [1.165, 1.54) is 0 Å². The molecule has 8 heteroatoms. The summed E-state index contributed by atoms with van der Waals surface area (Å²) in [5.41, 5.74) is 0.572. The molecule has 2 unspecified atom stereocenters. The Labute approximate surface area is 171 Å². The average Bonchev–Trinajstić information content (AvgIpc) is 2.74. The Bertz CT molecular complexity index is 678. The highest BCUT2D eigenvalue weighted by molar-refractivity contribution is 6.38. The zero-order chi connectivity index (χ0) is 21.6. The van der Waals surface area contributed by atoms with Crippen molar-refractivity contribution in [2.24, 2.45) is 0 Å². The van der Waals surface area contributed by atoms with Crippen LogP contribution in [0.4, 0.5) is 0 Å². The number of rotatable bonds is 13. The molecule has 0 radical (unpaired) electrons. The number of hydrogen-bond donors (Lipinski definition) is 3. The Morgan fingerprint density at radius 1 is 1.03 bits per heavy atom. The van der Waals surface area contributed by atoms with Crippen LogP contribution >= 0.6 is 0 Å². The van der Waals surface area contributed by atoms with Gasteiger partial charge in [-0.3, -0.25) is 14.4 Å². The number of unbranched alkanes of at least 4 members (excludes halogenated alkanes) is 1. The lowest BCUT2D eigenvalue weighted by molar-refractivity contribution is -0.148. The zero-order valence-electron chi connectivity index (χ0n) is 17.3. The van der Waals surface area contributed by atoms with E-state index in [4.69, 9.17) is 4.74 Å². The molecule has 0 aromatic heterocycles. The molecular weight excluding hydrogens is 374 g/mol. The number of nitrogens with one attached hydrogen (secondary N) is 3. The van der Waals surface area contributed by atoms with Crippen molar-refractivity contribution >= 4 is 23.6 Å². The number of likely N-dealkylation sites (N-methyl/N-ethyl adjacent to an activating group) is 1. The molecule has 0 aliphatic carbocycles. The van der Waals surface area contributed by atoms with E-state index in [0.29, 0.717) is 12.0 Å². The fourth-order valence-corrected chi connectivity index (χ4v) is 2.64. The molecule has 0 fully saturated rings. The van der Waals surface area contributed by atoms with E-state index in [1.807, 2.05) is 13.8 Å². The van der Waals surface area contributed by atoms with Gasteiger partial charge in [-0.15, -0.1) is 0 Å². The number of Topliss-reactive ketones (excluding diaryl/α,β-unsaturated/α-hetero) is 1. The van der Waals surface area contributed by atoms with Gasteiger partial charge in [0.25, 0.3) is 5.91 Å². The van der Waals surface area contributed by atoms with Gasteiger partial charge < -0.3 is 20.7 Å². The molecule has 0 spiro atoms. The fraction of sp³-hybridized carbons (Fsp3) is 0.524. The zero-order valence-corrected chi connectivity index (χ0v) is 17.3. The van der Waals surface area contributed by atoms with Crippen molar-refractivity contribution in [2.45, 2.75) is 51.6 Å².